The lowest BCUT2D eigenvalue weighted by Crippen LogP contribution is -2.02. The number of unbranched alkanes of at least 4 members (excludes halogenated alkanes) is 2. The van der Waals surface area contributed by atoms with Crippen LogP contribution in [0.4, 0.5) is 8.78 Å². The van der Waals surface area contributed by atoms with E-state index < -0.39 is 0 Å². The Balaban J connectivity index is 1.76. The van der Waals surface area contributed by atoms with Crippen molar-refractivity contribution in [3.63, 3.8) is 0 Å². The number of nitrogens with two attached hydrogens (primary N) is 1. The lowest BCUT2D eigenvalue weighted by molar-refractivity contribution is 0.311. The van der Waals surface area contributed by atoms with E-state index in [9.17, 15) is 8.78 Å². The second-order valence-corrected chi connectivity index (χ2v) is 7.38. The highest BCUT2D eigenvalue weighted by Crippen LogP contribution is 2.41. The normalized spacial score (nSPS) is 12.0. The van der Waals surface area contributed by atoms with Gasteiger partial charge in [0.05, 0.1) is 17.6 Å². The Hall–Kier alpha value is -3.12. The molecule has 0 unspecified atom stereocenters. The molecule has 0 aliphatic rings. The van der Waals surface area contributed by atoms with Gasteiger partial charge in [-0.2, -0.15) is 0 Å². The summed E-state index contributed by atoms with van der Waals surface area (Å²) in [5.74, 6) is 0.0823. The lowest BCUT2D eigenvalue weighted by Gasteiger charge is -2.09. The minimum Gasteiger partial charge on any atom is -0.489 e. The van der Waals surface area contributed by atoms with Gasteiger partial charge in [0.2, 0.25) is 0 Å². The molecule has 0 radical (unpaired) electrons. The highest BCUT2D eigenvalue weighted by molar-refractivity contribution is 6.20. The predicted octanol–water partition coefficient (Wildman–Crippen LogP) is 5.74. The average Bonchev–Trinajstić information content (AvgIpc) is 3.25. The quantitative estimate of drug-likeness (QED) is 0.322. The first-order valence-corrected chi connectivity index (χ1v) is 9.83. The van der Waals surface area contributed by atoms with E-state index in [1.54, 1.807) is 12.1 Å². The van der Waals surface area contributed by atoms with Gasteiger partial charge in [0.25, 0.3) is 0 Å². The van der Waals surface area contributed by atoms with Crippen LogP contribution >= 0.6 is 0 Å². The van der Waals surface area contributed by atoms with Crippen molar-refractivity contribution in [2.24, 2.45) is 5.73 Å². The zero-order valence-corrected chi connectivity index (χ0v) is 15.8. The van der Waals surface area contributed by atoms with Crippen LogP contribution in [0.1, 0.15) is 19.3 Å². The third-order valence-corrected chi connectivity index (χ3v) is 5.44. The molecular formula is C23H21F2N3O. The molecule has 5 aromatic rings. The van der Waals surface area contributed by atoms with Crippen molar-refractivity contribution >= 4 is 43.6 Å². The summed E-state index contributed by atoms with van der Waals surface area (Å²) in [6, 6.07) is 11.3. The van der Waals surface area contributed by atoms with Crippen LogP contribution in [0.25, 0.3) is 43.6 Å². The van der Waals surface area contributed by atoms with E-state index in [-0.39, 0.29) is 11.6 Å². The molecule has 0 saturated heterocycles. The maximum atomic E-state index is 13.9. The fourth-order valence-electron chi connectivity index (χ4n) is 4.04. The molecule has 2 heterocycles. The number of aromatic nitrogens is 2. The van der Waals surface area contributed by atoms with Crippen LogP contribution in [0.3, 0.4) is 0 Å². The summed E-state index contributed by atoms with van der Waals surface area (Å²) in [7, 11) is 0. The van der Waals surface area contributed by atoms with E-state index in [1.807, 2.05) is 6.07 Å². The fourth-order valence-corrected chi connectivity index (χ4v) is 4.04. The van der Waals surface area contributed by atoms with Gasteiger partial charge < -0.3 is 20.4 Å². The Morgan fingerprint density at radius 2 is 1.31 bits per heavy atom. The number of H-pyrrole nitrogens is 2. The van der Waals surface area contributed by atoms with Crippen molar-refractivity contribution in [1.29, 1.82) is 0 Å². The van der Waals surface area contributed by atoms with Gasteiger partial charge in [-0.05, 0) is 68.3 Å². The highest BCUT2D eigenvalue weighted by Gasteiger charge is 2.18. The zero-order chi connectivity index (χ0) is 20.0. The summed E-state index contributed by atoms with van der Waals surface area (Å²) >= 11 is 0. The molecule has 148 valence electrons. The summed E-state index contributed by atoms with van der Waals surface area (Å²) in [5, 5.41) is 3.27. The molecule has 0 amide bonds. The van der Waals surface area contributed by atoms with E-state index in [1.165, 1.54) is 24.3 Å². The van der Waals surface area contributed by atoms with Crippen LogP contribution < -0.4 is 10.5 Å². The van der Waals surface area contributed by atoms with Gasteiger partial charge in [0, 0.05) is 32.6 Å². The number of halogens is 2. The Kier molecular flexibility index (Phi) is 4.36. The summed E-state index contributed by atoms with van der Waals surface area (Å²) in [4.78, 5) is 6.74. The number of hydrogen-bond donors (Lipinski definition) is 3. The van der Waals surface area contributed by atoms with E-state index in [2.05, 4.69) is 9.97 Å². The molecule has 0 aliphatic carbocycles. The number of aromatic amines is 2. The van der Waals surface area contributed by atoms with E-state index in [0.29, 0.717) is 18.9 Å². The van der Waals surface area contributed by atoms with Crippen molar-refractivity contribution in [3.05, 3.63) is 54.1 Å². The maximum Gasteiger partial charge on any atom is 0.167 e. The number of rotatable bonds is 6. The minimum atomic E-state index is -0.298. The van der Waals surface area contributed by atoms with Gasteiger partial charge in [0.1, 0.15) is 11.6 Å². The standard InChI is InChI=1S/C23H21F2N3O/c24-13-4-6-19-15(10-13)17-12-18-16-11-14(25)5-7-20(16)28-22(18)23(21(17)27-19)29-9-3-1-2-8-26/h4-7,10-12,27-28H,1-3,8-9,26H2. The smallest absolute Gasteiger partial charge is 0.167 e. The molecular weight excluding hydrogens is 372 g/mol. The van der Waals surface area contributed by atoms with Gasteiger partial charge in [-0.15, -0.1) is 0 Å². The number of fused-ring (bicyclic) bond motifs is 6. The van der Waals surface area contributed by atoms with Crippen molar-refractivity contribution < 1.29 is 13.5 Å². The predicted molar refractivity (Wildman–Crippen MR) is 113 cm³/mol. The molecule has 3 aromatic carbocycles. The molecule has 4 nitrogen and oxygen atoms in total. The Bertz CT molecular complexity index is 1260. The lowest BCUT2D eigenvalue weighted by atomic mass is 10.1. The molecule has 4 N–H and O–H groups in total. The second kappa shape index (κ2) is 7.04. The molecule has 2 aromatic heterocycles. The molecule has 6 heteroatoms. The molecule has 0 aliphatic heterocycles. The molecule has 0 fully saturated rings. The van der Waals surface area contributed by atoms with Crippen LogP contribution in [-0.2, 0) is 0 Å². The van der Waals surface area contributed by atoms with Crippen LogP contribution in [-0.4, -0.2) is 23.1 Å². The van der Waals surface area contributed by atoms with Gasteiger partial charge in [-0.25, -0.2) is 8.78 Å². The maximum absolute atomic E-state index is 13.9. The Morgan fingerprint density at radius 3 is 1.86 bits per heavy atom. The first-order valence-electron chi connectivity index (χ1n) is 9.83. The molecule has 0 bridgehead atoms. The van der Waals surface area contributed by atoms with Gasteiger partial charge in [0.15, 0.2) is 5.75 Å². The van der Waals surface area contributed by atoms with Gasteiger partial charge in [-0.3, -0.25) is 0 Å². The third kappa shape index (κ3) is 3.00. The average molecular weight is 393 g/mol. The molecule has 0 saturated carbocycles. The Morgan fingerprint density at radius 1 is 0.724 bits per heavy atom. The first kappa shape index (κ1) is 17.9. The second-order valence-electron chi connectivity index (χ2n) is 7.38. The number of ether oxygens (including phenoxy) is 1. The summed E-state index contributed by atoms with van der Waals surface area (Å²) in [6.07, 6.45) is 2.84. The van der Waals surface area contributed by atoms with Crippen LogP contribution in [0.2, 0.25) is 0 Å². The van der Waals surface area contributed by atoms with E-state index >= 15 is 0 Å². The SMILES string of the molecule is NCCCCCOc1c2[nH]c3ccc(F)cc3c2cc2c1[nH]c1ccc(F)cc12. The summed E-state index contributed by atoms with van der Waals surface area (Å²) < 4.78 is 34.0. The number of hydrogen-bond acceptors (Lipinski definition) is 2. The topological polar surface area (TPSA) is 66.8 Å². The van der Waals surface area contributed by atoms with Crippen LogP contribution in [0.15, 0.2) is 42.5 Å². The fraction of sp³-hybridized carbons (Fsp3) is 0.217. The van der Waals surface area contributed by atoms with Crippen LogP contribution in [0.5, 0.6) is 5.75 Å². The Labute approximate surface area is 165 Å². The molecule has 29 heavy (non-hydrogen) atoms. The van der Waals surface area contributed by atoms with E-state index in [0.717, 1.165) is 62.9 Å². The monoisotopic (exact) mass is 393 g/mol. The van der Waals surface area contributed by atoms with Crippen molar-refractivity contribution in [3.8, 4) is 5.75 Å². The van der Waals surface area contributed by atoms with Crippen molar-refractivity contribution in [1.82, 2.24) is 9.97 Å². The highest BCUT2D eigenvalue weighted by atomic mass is 19.1. The van der Waals surface area contributed by atoms with E-state index in [4.69, 9.17) is 10.5 Å². The minimum absolute atomic E-state index is 0.298. The first-order chi connectivity index (χ1) is 14.2. The van der Waals surface area contributed by atoms with Crippen molar-refractivity contribution in [2.75, 3.05) is 13.2 Å². The van der Waals surface area contributed by atoms with Crippen LogP contribution in [0, 0.1) is 11.6 Å². The summed E-state index contributed by atoms with van der Waals surface area (Å²) in [6.45, 7) is 1.21. The third-order valence-electron chi connectivity index (χ3n) is 5.44. The van der Waals surface area contributed by atoms with Gasteiger partial charge in [-0.1, -0.05) is 0 Å². The zero-order valence-electron chi connectivity index (χ0n) is 15.8. The largest absolute Gasteiger partial charge is 0.489 e. The number of nitrogens with one attached hydrogen (secondary N) is 2. The number of benzene rings is 3. The van der Waals surface area contributed by atoms with Gasteiger partial charge >= 0.3 is 0 Å². The van der Waals surface area contributed by atoms with Crippen molar-refractivity contribution in [2.45, 2.75) is 19.3 Å². The molecule has 0 atom stereocenters. The molecule has 0 spiro atoms. The molecule has 5 rings (SSSR count). The summed E-state index contributed by atoms with van der Waals surface area (Å²) in [5.41, 5.74) is 8.85.